The molecule has 0 bridgehead atoms. The van der Waals surface area contributed by atoms with Crippen LogP contribution in [0.15, 0.2) is 24.3 Å². The van der Waals surface area contributed by atoms with Crippen LogP contribution < -0.4 is 0 Å². The molecule has 26 heavy (non-hydrogen) atoms. The molecule has 0 aromatic heterocycles. The Labute approximate surface area is 154 Å². The average molecular weight is 358 g/mol. The molecule has 2 atom stereocenters. The lowest BCUT2D eigenvalue weighted by atomic mass is 9.95. The Balaban J connectivity index is 1.91. The SMILES string of the molecule is COCC1(C=O)CCCN1C(=O)[C@H](C(C)C)N1Cc2ccccc2C1=O. The number of rotatable bonds is 6. The zero-order chi connectivity index (χ0) is 18.9. The van der Waals surface area contributed by atoms with Gasteiger partial charge in [0, 0.05) is 25.8 Å². The molecule has 0 aliphatic carbocycles. The summed E-state index contributed by atoms with van der Waals surface area (Å²) in [4.78, 5) is 41.4. The maximum Gasteiger partial charge on any atom is 0.255 e. The van der Waals surface area contributed by atoms with Gasteiger partial charge in [0.1, 0.15) is 17.9 Å². The van der Waals surface area contributed by atoms with Crippen molar-refractivity contribution in [3.05, 3.63) is 35.4 Å². The summed E-state index contributed by atoms with van der Waals surface area (Å²) in [5.74, 6) is -0.341. The fourth-order valence-electron chi connectivity index (χ4n) is 4.23. The number of hydrogen-bond acceptors (Lipinski definition) is 4. The lowest BCUT2D eigenvalue weighted by Gasteiger charge is -2.39. The second-order valence-electron chi connectivity index (χ2n) is 7.53. The second-order valence-corrected chi connectivity index (χ2v) is 7.53. The van der Waals surface area contributed by atoms with Crippen LogP contribution in [0.4, 0.5) is 0 Å². The Morgan fingerprint density at radius 1 is 1.35 bits per heavy atom. The molecule has 2 aliphatic heterocycles. The largest absolute Gasteiger partial charge is 0.382 e. The van der Waals surface area contributed by atoms with Crippen LogP contribution in [0.5, 0.6) is 0 Å². The van der Waals surface area contributed by atoms with Gasteiger partial charge in [-0.05, 0) is 30.4 Å². The van der Waals surface area contributed by atoms with E-state index in [0.717, 1.165) is 18.3 Å². The van der Waals surface area contributed by atoms with E-state index in [-0.39, 0.29) is 24.3 Å². The van der Waals surface area contributed by atoms with Gasteiger partial charge in [0.25, 0.3) is 5.91 Å². The molecule has 2 aliphatic rings. The Hall–Kier alpha value is -2.21. The lowest BCUT2D eigenvalue weighted by molar-refractivity contribution is -0.147. The standard InChI is InChI=1S/C20H26N2O4/c1-14(2)17(21-11-15-7-4-5-8-16(15)18(21)24)19(25)22-10-6-9-20(22,12-23)13-26-3/h4-5,7-8,12,14,17H,6,9-11,13H2,1-3H3/t17-,20?/m0/s1. The van der Waals surface area contributed by atoms with Gasteiger partial charge in [-0.1, -0.05) is 32.0 Å². The number of hydrogen-bond donors (Lipinski definition) is 0. The van der Waals surface area contributed by atoms with Crippen LogP contribution in [0.3, 0.4) is 0 Å². The second kappa shape index (κ2) is 7.19. The van der Waals surface area contributed by atoms with Crippen molar-refractivity contribution >= 4 is 18.1 Å². The molecule has 1 fully saturated rings. The summed E-state index contributed by atoms with van der Waals surface area (Å²) >= 11 is 0. The van der Waals surface area contributed by atoms with E-state index < -0.39 is 11.6 Å². The summed E-state index contributed by atoms with van der Waals surface area (Å²) in [6, 6.07) is 6.87. The smallest absolute Gasteiger partial charge is 0.255 e. The molecule has 1 aromatic carbocycles. The maximum atomic E-state index is 13.4. The third-order valence-electron chi connectivity index (χ3n) is 5.48. The first-order valence-corrected chi connectivity index (χ1v) is 9.11. The molecule has 3 rings (SSSR count). The van der Waals surface area contributed by atoms with Gasteiger partial charge < -0.3 is 19.3 Å². The van der Waals surface area contributed by atoms with Gasteiger partial charge in [-0.25, -0.2) is 0 Å². The highest BCUT2D eigenvalue weighted by Crippen LogP contribution is 2.33. The Morgan fingerprint density at radius 2 is 2.08 bits per heavy atom. The van der Waals surface area contributed by atoms with Crippen LogP contribution in [0.1, 0.15) is 42.6 Å². The molecule has 140 valence electrons. The molecular weight excluding hydrogens is 332 g/mol. The number of benzene rings is 1. The predicted molar refractivity (Wildman–Crippen MR) is 96.6 cm³/mol. The number of amides is 2. The number of nitrogens with zero attached hydrogens (tertiary/aromatic N) is 2. The Bertz CT molecular complexity index is 718. The van der Waals surface area contributed by atoms with Gasteiger partial charge in [-0.15, -0.1) is 0 Å². The highest BCUT2D eigenvalue weighted by Gasteiger charge is 2.48. The maximum absolute atomic E-state index is 13.4. The van der Waals surface area contributed by atoms with Crippen LogP contribution in [-0.4, -0.2) is 59.7 Å². The van der Waals surface area contributed by atoms with Gasteiger partial charge in [-0.2, -0.15) is 0 Å². The molecule has 0 N–H and O–H groups in total. The van der Waals surface area contributed by atoms with E-state index in [1.165, 1.54) is 7.11 Å². The molecule has 1 aromatic rings. The Kier molecular flexibility index (Phi) is 5.14. The topological polar surface area (TPSA) is 66.9 Å². The number of fused-ring (bicyclic) bond motifs is 1. The van der Waals surface area contributed by atoms with Gasteiger partial charge >= 0.3 is 0 Å². The van der Waals surface area contributed by atoms with Gasteiger partial charge in [0.05, 0.1) is 6.61 Å². The molecule has 6 nitrogen and oxygen atoms in total. The molecule has 0 radical (unpaired) electrons. The van der Waals surface area contributed by atoms with Crippen molar-refractivity contribution in [2.45, 2.75) is 44.8 Å². The van der Waals surface area contributed by atoms with Crippen LogP contribution in [-0.2, 0) is 20.9 Å². The zero-order valence-electron chi connectivity index (χ0n) is 15.6. The molecule has 1 saturated heterocycles. The van der Waals surface area contributed by atoms with Crippen molar-refractivity contribution in [2.75, 3.05) is 20.3 Å². The molecule has 2 heterocycles. The minimum Gasteiger partial charge on any atom is -0.382 e. The van der Waals surface area contributed by atoms with Crippen LogP contribution in [0.25, 0.3) is 0 Å². The van der Waals surface area contributed by atoms with Crippen molar-refractivity contribution in [1.82, 2.24) is 9.80 Å². The average Bonchev–Trinajstić information content (AvgIpc) is 3.18. The first-order chi connectivity index (χ1) is 12.4. The monoisotopic (exact) mass is 358 g/mol. The highest BCUT2D eigenvalue weighted by atomic mass is 16.5. The van der Waals surface area contributed by atoms with E-state index >= 15 is 0 Å². The highest BCUT2D eigenvalue weighted by molar-refractivity contribution is 6.01. The minimum absolute atomic E-state index is 0.0618. The summed E-state index contributed by atoms with van der Waals surface area (Å²) in [5.41, 5.74) is 0.677. The normalized spacial score (nSPS) is 23.5. The Morgan fingerprint density at radius 3 is 2.69 bits per heavy atom. The number of methoxy groups -OCH3 is 1. The van der Waals surface area contributed by atoms with Crippen molar-refractivity contribution in [2.24, 2.45) is 5.92 Å². The lowest BCUT2D eigenvalue weighted by Crippen LogP contribution is -2.59. The summed E-state index contributed by atoms with van der Waals surface area (Å²) in [6.45, 7) is 5.00. The number of carbonyl (C=O) groups is 3. The number of likely N-dealkylation sites (tertiary alicyclic amines) is 1. The fraction of sp³-hybridized carbons (Fsp3) is 0.550. The van der Waals surface area contributed by atoms with Crippen molar-refractivity contribution in [3.63, 3.8) is 0 Å². The van der Waals surface area contributed by atoms with E-state index in [1.807, 2.05) is 32.0 Å². The molecule has 6 heteroatoms. The van der Waals surface area contributed by atoms with E-state index in [2.05, 4.69) is 0 Å². The summed E-state index contributed by atoms with van der Waals surface area (Å²) < 4.78 is 5.23. The minimum atomic E-state index is -0.922. The third kappa shape index (κ3) is 2.92. The van der Waals surface area contributed by atoms with Crippen LogP contribution in [0, 0.1) is 5.92 Å². The van der Waals surface area contributed by atoms with Crippen molar-refractivity contribution < 1.29 is 19.1 Å². The predicted octanol–water partition coefficient (Wildman–Crippen LogP) is 1.87. The quantitative estimate of drug-likeness (QED) is 0.728. The summed E-state index contributed by atoms with van der Waals surface area (Å²) in [5, 5.41) is 0. The van der Waals surface area contributed by atoms with Gasteiger partial charge in [-0.3, -0.25) is 9.59 Å². The zero-order valence-corrected chi connectivity index (χ0v) is 15.6. The fourth-order valence-corrected chi connectivity index (χ4v) is 4.23. The van der Waals surface area contributed by atoms with E-state index in [0.29, 0.717) is 25.1 Å². The van der Waals surface area contributed by atoms with Crippen LogP contribution in [0.2, 0.25) is 0 Å². The van der Waals surface area contributed by atoms with Crippen molar-refractivity contribution in [3.8, 4) is 0 Å². The summed E-state index contributed by atoms with van der Waals surface area (Å²) in [6.07, 6.45) is 2.18. The first kappa shape index (κ1) is 18.6. The molecule has 2 amide bonds. The van der Waals surface area contributed by atoms with Gasteiger partial charge in [0.2, 0.25) is 5.91 Å². The third-order valence-corrected chi connectivity index (χ3v) is 5.48. The number of ether oxygens (including phenoxy) is 1. The van der Waals surface area contributed by atoms with E-state index in [1.54, 1.807) is 15.9 Å². The first-order valence-electron chi connectivity index (χ1n) is 9.11. The summed E-state index contributed by atoms with van der Waals surface area (Å²) in [7, 11) is 1.53. The molecule has 1 unspecified atom stereocenters. The molecule has 0 saturated carbocycles. The number of aldehydes is 1. The molecule has 0 spiro atoms. The molecular formula is C20H26N2O4. The van der Waals surface area contributed by atoms with Crippen molar-refractivity contribution in [1.29, 1.82) is 0 Å². The number of carbonyl (C=O) groups excluding carboxylic acids is 3. The van der Waals surface area contributed by atoms with E-state index in [9.17, 15) is 14.4 Å². The van der Waals surface area contributed by atoms with Gasteiger partial charge in [0.15, 0.2) is 0 Å². The van der Waals surface area contributed by atoms with Crippen LogP contribution >= 0.6 is 0 Å². The van der Waals surface area contributed by atoms with E-state index in [4.69, 9.17) is 4.74 Å².